The van der Waals surface area contributed by atoms with Gasteiger partial charge in [-0.3, -0.25) is 4.79 Å². The number of quaternary nitrogens is 1. The molecule has 1 atom stereocenters. The summed E-state index contributed by atoms with van der Waals surface area (Å²) in [4.78, 5) is 21.5. The molecule has 0 saturated heterocycles. The minimum absolute atomic E-state index is 0. The molecule has 0 aliphatic heterocycles. The van der Waals surface area contributed by atoms with Gasteiger partial charge in [0.15, 0.2) is 6.10 Å². The van der Waals surface area contributed by atoms with Crippen molar-refractivity contribution < 1.29 is 25.3 Å². The van der Waals surface area contributed by atoms with Crippen LogP contribution in [0.4, 0.5) is 0 Å². The number of carboxylic acids is 1. The number of carboxylic acid groups (broad SMARTS) is 1. The summed E-state index contributed by atoms with van der Waals surface area (Å²) in [5.41, 5.74) is 0. The van der Waals surface area contributed by atoms with Gasteiger partial charge in [-0.2, -0.15) is 0 Å². The molecule has 86 valence electrons. The number of hydrogen-bond donors (Lipinski definition) is 1. The summed E-state index contributed by atoms with van der Waals surface area (Å²) >= 11 is 0. The lowest BCUT2D eigenvalue weighted by atomic mass is 10.2. The van der Waals surface area contributed by atoms with Crippen LogP contribution in [0.15, 0.2) is 12.7 Å². The van der Waals surface area contributed by atoms with Gasteiger partial charge >= 0.3 is 13.4 Å². The molecule has 0 radical (unpaired) electrons. The van der Waals surface area contributed by atoms with Gasteiger partial charge in [-0.15, -0.1) is 0 Å². The third-order valence-corrected chi connectivity index (χ3v) is 1.60. The van der Waals surface area contributed by atoms with Gasteiger partial charge in [0.25, 0.3) is 0 Å². The van der Waals surface area contributed by atoms with Gasteiger partial charge in [-0.25, -0.2) is 4.79 Å². The molecule has 0 aromatic heterocycles. The minimum atomic E-state index is -0.981. The molecule has 0 bridgehead atoms. The van der Waals surface area contributed by atoms with E-state index in [9.17, 15) is 9.59 Å². The maximum absolute atomic E-state index is 10.9. The van der Waals surface area contributed by atoms with Crippen molar-refractivity contribution in [3.63, 3.8) is 0 Å². The molecule has 0 amide bonds. The van der Waals surface area contributed by atoms with Crippen LogP contribution < -0.4 is 0 Å². The zero-order valence-corrected chi connectivity index (χ0v) is 9.40. The number of nitrogens with zero attached hydrogens (tertiary/aromatic N) is 1. The highest BCUT2D eigenvalue weighted by atomic mass is 16.5. The fourth-order valence-electron chi connectivity index (χ4n) is 1.16. The fourth-order valence-corrected chi connectivity index (χ4v) is 1.16. The first-order valence-electron chi connectivity index (χ1n) is 4.60. The van der Waals surface area contributed by atoms with E-state index in [4.69, 9.17) is 9.84 Å². The van der Waals surface area contributed by atoms with E-state index in [1.807, 2.05) is 21.1 Å². The maximum atomic E-state index is 10.9. The number of aliphatic carboxylic acids is 1. The van der Waals surface area contributed by atoms with Crippen LogP contribution in [0.25, 0.3) is 0 Å². The summed E-state index contributed by atoms with van der Waals surface area (Å²) in [7, 11) is 5.70. The summed E-state index contributed by atoms with van der Waals surface area (Å²) in [6, 6.07) is 0. The van der Waals surface area contributed by atoms with Crippen molar-refractivity contribution in [3.05, 3.63) is 12.7 Å². The van der Waals surface area contributed by atoms with Crippen molar-refractivity contribution in [2.75, 3.05) is 27.7 Å². The van der Waals surface area contributed by atoms with E-state index in [-0.39, 0.29) is 7.85 Å². The smallest absolute Gasteiger partial charge is 0.481 e. The van der Waals surface area contributed by atoms with Crippen LogP contribution in [0.5, 0.6) is 0 Å². The lowest BCUT2D eigenvalue weighted by Gasteiger charge is -2.28. The Labute approximate surface area is 91.0 Å². The molecule has 0 spiro atoms. The standard InChI is InChI=1S/C10H17NO4/c1-5-10(14)15-8(6-9(12)13)7-11(2,3)4/h5,8H,1,6-7H2,2-4H3/p+2/t8-/m1/s1. The Morgan fingerprint density at radius 2 is 2.07 bits per heavy atom. The van der Waals surface area contributed by atoms with Crippen LogP contribution in [0.1, 0.15) is 7.85 Å². The first-order chi connectivity index (χ1) is 6.74. The van der Waals surface area contributed by atoms with Gasteiger partial charge in [0.05, 0.1) is 27.6 Å². The van der Waals surface area contributed by atoms with Crippen molar-refractivity contribution >= 4 is 11.9 Å². The van der Waals surface area contributed by atoms with Crippen molar-refractivity contribution in [2.24, 2.45) is 0 Å². The highest BCUT2D eigenvalue weighted by molar-refractivity contribution is 5.81. The van der Waals surface area contributed by atoms with E-state index in [0.717, 1.165) is 6.08 Å². The second-order valence-corrected chi connectivity index (χ2v) is 4.33. The predicted octanol–water partition coefficient (Wildman–Crippen LogP) is 0.378. The Bertz CT molecular complexity index is 260. The molecule has 0 aliphatic carbocycles. The average Bonchev–Trinajstić information content (AvgIpc) is 1.99. The van der Waals surface area contributed by atoms with Crippen molar-refractivity contribution in [3.8, 4) is 0 Å². The Hall–Kier alpha value is -1.36. The SMILES string of the molecule is C=CC(=O)O[C@H](CC(=O)O)C[N+](C)(C)C.[H+]. The summed E-state index contributed by atoms with van der Waals surface area (Å²) in [5, 5.41) is 8.64. The molecule has 0 aromatic carbocycles. The molecular weight excluding hydrogens is 198 g/mol. The zero-order valence-electron chi connectivity index (χ0n) is 10.4. The summed E-state index contributed by atoms with van der Waals surface area (Å²) in [6.45, 7) is 3.71. The summed E-state index contributed by atoms with van der Waals surface area (Å²) < 4.78 is 5.46. The van der Waals surface area contributed by atoms with E-state index >= 15 is 0 Å². The number of carbonyl (C=O) groups is 2. The zero-order chi connectivity index (χ0) is 12.1. The van der Waals surface area contributed by atoms with Gasteiger partial charge in [-0.05, 0) is 0 Å². The van der Waals surface area contributed by atoms with Crippen molar-refractivity contribution in [1.29, 1.82) is 0 Å². The maximum Gasteiger partial charge on any atom is 1.00 e. The molecule has 0 aromatic rings. The van der Waals surface area contributed by atoms with Crippen LogP contribution in [-0.2, 0) is 14.3 Å². The Balaban J connectivity index is 0. The Morgan fingerprint density at radius 1 is 1.53 bits per heavy atom. The number of rotatable bonds is 6. The molecule has 0 rings (SSSR count). The summed E-state index contributed by atoms with van der Waals surface area (Å²) in [5.74, 6) is -1.57. The molecule has 0 saturated carbocycles. The highest BCUT2D eigenvalue weighted by Crippen LogP contribution is 2.05. The lowest BCUT2D eigenvalue weighted by molar-refractivity contribution is -0.873. The highest BCUT2D eigenvalue weighted by Gasteiger charge is 2.23. The monoisotopic (exact) mass is 217 g/mol. The van der Waals surface area contributed by atoms with Crippen LogP contribution in [0.2, 0.25) is 0 Å². The fraction of sp³-hybridized carbons (Fsp3) is 0.600. The number of esters is 1. The average molecular weight is 217 g/mol. The quantitative estimate of drug-likeness (QED) is 0.397. The number of hydrogen-bond acceptors (Lipinski definition) is 3. The molecule has 0 unspecified atom stereocenters. The van der Waals surface area contributed by atoms with E-state index in [1.54, 1.807) is 0 Å². The first-order valence-corrected chi connectivity index (χ1v) is 4.60. The van der Waals surface area contributed by atoms with Gasteiger partial charge < -0.3 is 14.3 Å². The molecule has 0 aliphatic rings. The van der Waals surface area contributed by atoms with E-state index in [1.165, 1.54) is 0 Å². The van der Waals surface area contributed by atoms with Gasteiger partial charge in [0.1, 0.15) is 6.54 Å². The molecule has 15 heavy (non-hydrogen) atoms. The van der Waals surface area contributed by atoms with E-state index < -0.39 is 18.0 Å². The normalized spacial score (nSPS) is 13.0. The van der Waals surface area contributed by atoms with Crippen molar-refractivity contribution in [1.82, 2.24) is 0 Å². The largest absolute Gasteiger partial charge is 1.00 e. The number of likely N-dealkylation sites (N-methyl/N-ethyl adjacent to an activating group) is 1. The van der Waals surface area contributed by atoms with Gasteiger partial charge in [0, 0.05) is 6.08 Å². The molecule has 0 fully saturated rings. The molecule has 5 heteroatoms. The molecular formula is C10H19NO4+2. The molecule has 0 heterocycles. The minimum Gasteiger partial charge on any atom is -0.481 e. The molecule has 5 nitrogen and oxygen atoms in total. The Morgan fingerprint density at radius 3 is 2.40 bits per heavy atom. The number of ether oxygens (including phenoxy) is 1. The molecule has 1 N–H and O–H groups in total. The van der Waals surface area contributed by atoms with Crippen LogP contribution >= 0.6 is 0 Å². The third-order valence-electron chi connectivity index (χ3n) is 1.60. The lowest BCUT2D eigenvalue weighted by Crippen LogP contribution is -2.43. The van der Waals surface area contributed by atoms with Gasteiger partial charge in [0.2, 0.25) is 0 Å². The predicted molar refractivity (Wildman–Crippen MR) is 56.3 cm³/mol. The van der Waals surface area contributed by atoms with E-state index in [2.05, 4.69) is 6.58 Å². The first kappa shape index (κ1) is 13.6. The van der Waals surface area contributed by atoms with Crippen LogP contribution in [-0.4, -0.2) is 55.3 Å². The summed E-state index contributed by atoms with van der Waals surface area (Å²) in [6.07, 6.45) is 0.229. The second-order valence-electron chi connectivity index (χ2n) is 4.33. The second kappa shape index (κ2) is 5.50. The number of carbonyl (C=O) groups excluding carboxylic acids is 1. The van der Waals surface area contributed by atoms with Crippen molar-refractivity contribution in [2.45, 2.75) is 12.5 Å². The van der Waals surface area contributed by atoms with Crippen LogP contribution in [0, 0.1) is 0 Å². The topological polar surface area (TPSA) is 63.6 Å². The van der Waals surface area contributed by atoms with E-state index in [0.29, 0.717) is 11.0 Å². The third kappa shape index (κ3) is 7.69. The Kier molecular flexibility index (Phi) is 5.00. The van der Waals surface area contributed by atoms with Crippen LogP contribution in [0.3, 0.4) is 0 Å². The van der Waals surface area contributed by atoms with Gasteiger partial charge in [-0.1, -0.05) is 6.58 Å².